The van der Waals surface area contributed by atoms with Gasteiger partial charge in [0.15, 0.2) is 5.69 Å². The molecule has 2 N–H and O–H groups in total. The minimum atomic E-state index is -1.06. The molecule has 0 bridgehead atoms. The molecule has 0 heterocycles. The van der Waals surface area contributed by atoms with Gasteiger partial charge in [-0.3, -0.25) is 30.2 Å². The van der Waals surface area contributed by atoms with Crippen LogP contribution in [0.15, 0.2) is 12.1 Å². The number of hydroxylamine groups is 1. The molecule has 0 unspecified atom stereocenters. The number of carbonyl (C=O) groups is 1. The first-order valence-corrected chi connectivity index (χ1v) is 7.03. The molecule has 0 spiro atoms. The van der Waals surface area contributed by atoms with Crippen LogP contribution in [0.5, 0.6) is 0 Å². The summed E-state index contributed by atoms with van der Waals surface area (Å²) in [7, 11) is 0. The molecule has 10 heteroatoms. The van der Waals surface area contributed by atoms with Crippen molar-refractivity contribution in [1.82, 2.24) is 5.48 Å². The molecule has 10 nitrogen and oxygen atoms in total. The molecule has 1 rings (SSSR count). The van der Waals surface area contributed by atoms with Crippen LogP contribution >= 0.6 is 0 Å². The van der Waals surface area contributed by atoms with E-state index in [1.54, 1.807) is 4.90 Å². The average Bonchev–Trinajstić information content (AvgIpc) is 2.52. The fourth-order valence-corrected chi connectivity index (χ4v) is 2.28. The van der Waals surface area contributed by atoms with E-state index in [0.717, 1.165) is 12.1 Å². The highest BCUT2D eigenvalue weighted by Gasteiger charge is 2.31. The summed E-state index contributed by atoms with van der Waals surface area (Å²) in [5.41, 5.74) is -0.254. The van der Waals surface area contributed by atoms with E-state index < -0.39 is 27.1 Å². The number of amides is 1. The number of hydrogen-bond acceptors (Lipinski definition) is 7. The zero-order chi connectivity index (χ0) is 17.6. The van der Waals surface area contributed by atoms with E-state index in [1.165, 1.54) is 5.48 Å². The number of rotatable bonds is 8. The Bertz CT molecular complexity index is 577. The molecule has 126 valence electrons. The normalized spacial score (nSPS) is 10.2. The standard InChI is InChI=1S/C13H18N4O6/c1-3-5-15(6-4-2)12-10(16(20)21)7-9(13(18)14-19)8-11(12)17(22)23/h7-8,19H,3-6H2,1-2H3,(H,14,18). The summed E-state index contributed by atoms with van der Waals surface area (Å²) in [5, 5.41) is 31.3. The second-order valence-corrected chi connectivity index (χ2v) is 4.81. The monoisotopic (exact) mass is 326 g/mol. The van der Waals surface area contributed by atoms with Gasteiger partial charge in [0.05, 0.1) is 15.4 Å². The van der Waals surface area contributed by atoms with Gasteiger partial charge in [0.2, 0.25) is 0 Å². The zero-order valence-corrected chi connectivity index (χ0v) is 12.8. The number of nitro groups is 2. The van der Waals surface area contributed by atoms with Crippen molar-refractivity contribution in [2.24, 2.45) is 0 Å². The van der Waals surface area contributed by atoms with Crippen molar-refractivity contribution in [3.8, 4) is 0 Å². The molecule has 1 aromatic rings. The molecule has 0 atom stereocenters. The third kappa shape index (κ3) is 4.13. The van der Waals surface area contributed by atoms with Crippen LogP contribution in [0.25, 0.3) is 0 Å². The first-order valence-electron chi connectivity index (χ1n) is 7.03. The third-order valence-corrected chi connectivity index (χ3v) is 3.13. The molecular weight excluding hydrogens is 308 g/mol. The summed E-state index contributed by atoms with van der Waals surface area (Å²) < 4.78 is 0. The number of nitrogens with one attached hydrogen (secondary N) is 1. The first-order chi connectivity index (χ1) is 10.9. The minimum absolute atomic E-state index is 0.127. The van der Waals surface area contributed by atoms with Crippen LogP contribution in [0.4, 0.5) is 17.1 Å². The summed E-state index contributed by atoms with van der Waals surface area (Å²) in [5.74, 6) is -1.06. The van der Waals surface area contributed by atoms with Gasteiger partial charge in [-0.05, 0) is 12.8 Å². The number of carbonyl (C=O) groups excluding carboxylic acids is 1. The van der Waals surface area contributed by atoms with Gasteiger partial charge >= 0.3 is 0 Å². The van der Waals surface area contributed by atoms with Gasteiger partial charge in [-0.1, -0.05) is 13.8 Å². The zero-order valence-electron chi connectivity index (χ0n) is 12.8. The van der Waals surface area contributed by atoms with Crippen LogP contribution in [-0.4, -0.2) is 34.1 Å². The van der Waals surface area contributed by atoms with E-state index >= 15 is 0 Å². The fraction of sp³-hybridized carbons (Fsp3) is 0.462. The van der Waals surface area contributed by atoms with Crippen molar-refractivity contribution >= 4 is 23.0 Å². The van der Waals surface area contributed by atoms with Crippen LogP contribution < -0.4 is 10.4 Å². The van der Waals surface area contributed by atoms with Crippen molar-refractivity contribution in [2.45, 2.75) is 26.7 Å². The molecule has 1 amide bonds. The first kappa shape index (κ1) is 18.3. The molecule has 0 fully saturated rings. The quantitative estimate of drug-likeness (QED) is 0.424. The Morgan fingerprint density at radius 1 is 1.13 bits per heavy atom. The van der Waals surface area contributed by atoms with Gasteiger partial charge in [0.1, 0.15) is 0 Å². The predicted molar refractivity (Wildman–Crippen MR) is 81.8 cm³/mol. The highest BCUT2D eigenvalue weighted by Crippen LogP contribution is 2.39. The molecule has 0 aliphatic carbocycles. The Hall–Kier alpha value is -2.75. The number of anilines is 1. The summed E-state index contributed by atoms with van der Waals surface area (Å²) in [6.07, 6.45) is 1.29. The summed E-state index contributed by atoms with van der Waals surface area (Å²) >= 11 is 0. The van der Waals surface area contributed by atoms with E-state index in [1.807, 2.05) is 13.8 Å². The van der Waals surface area contributed by atoms with Gasteiger partial charge in [0, 0.05) is 25.2 Å². The van der Waals surface area contributed by atoms with Crippen molar-refractivity contribution in [1.29, 1.82) is 0 Å². The molecule has 0 saturated heterocycles. The maximum absolute atomic E-state index is 11.5. The van der Waals surface area contributed by atoms with Crippen molar-refractivity contribution in [2.75, 3.05) is 18.0 Å². The SMILES string of the molecule is CCCN(CCC)c1c([N+](=O)[O-])cc(C(=O)NO)cc1[N+](=O)[O-]. The molecule has 0 aromatic heterocycles. The second-order valence-electron chi connectivity index (χ2n) is 4.81. The lowest BCUT2D eigenvalue weighted by Crippen LogP contribution is -2.27. The molecule has 1 aromatic carbocycles. The molecular formula is C13H18N4O6. The maximum Gasteiger partial charge on any atom is 0.300 e. The summed E-state index contributed by atoms with van der Waals surface area (Å²) in [4.78, 5) is 34.2. The number of benzene rings is 1. The van der Waals surface area contributed by atoms with Crippen molar-refractivity contribution in [3.05, 3.63) is 37.9 Å². The number of nitro benzene ring substituents is 2. The van der Waals surface area contributed by atoms with Gasteiger partial charge < -0.3 is 4.90 Å². The summed E-state index contributed by atoms with van der Waals surface area (Å²) in [6, 6.07) is 1.85. The lowest BCUT2D eigenvalue weighted by molar-refractivity contribution is -0.392. The van der Waals surface area contributed by atoms with Gasteiger partial charge in [-0.15, -0.1) is 0 Å². The average molecular weight is 326 g/mol. The van der Waals surface area contributed by atoms with Crippen LogP contribution in [0.1, 0.15) is 37.0 Å². The second kappa shape index (κ2) is 8.03. The van der Waals surface area contributed by atoms with E-state index in [9.17, 15) is 25.0 Å². The van der Waals surface area contributed by atoms with E-state index in [4.69, 9.17) is 5.21 Å². The largest absolute Gasteiger partial charge is 0.360 e. The number of hydrogen-bond donors (Lipinski definition) is 2. The smallest absolute Gasteiger partial charge is 0.300 e. The van der Waals surface area contributed by atoms with Crippen LogP contribution in [0, 0.1) is 20.2 Å². The minimum Gasteiger partial charge on any atom is -0.360 e. The topological polar surface area (TPSA) is 139 Å². The predicted octanol–water partition coefficient (Wildman–Crippen LogP) is 2.25. The summed E-state index contributed by atoms with van der Waals surface area (Å²) in [6.45, 7) is 4.52. The Kier molecular flexibility index (Phi) is 6.39. The Labute approximate surface area is 132 Å². The van der Waals surface area contributed by atoms with Gasteiger partial charge in [0.25, 0.3) is 17.3 Å². The van der Waals surface area contributed by atoms with Gasteiger partial charge in [-0.25, -0.2) is 5.48 Å². The molecule has 0 aliphatic heterocycles. The lowest BCUT2D eigenvalue weighted by Gasteiger charge is -2.23. The van der Waals surface area contributed by atoms with Crippen LogP contribution in [0.2, 0.25) is 0 Å². The van der Waals surface area contributed by atoms with Gasteiger partial charge in [-0.2, -0.15) is 0 Å². The van der Waals surface area contributed by atoms with Crippen LogP contribution in [0.3, 0.4) is 0 Å². The fourth-order valence-electron chi connectivity index (χ4n) is 2.28. The van der Waals surface area contributed by atoms with Crippen molar-refractivity contribution < 1.29 is 19.8 Å². The molecule has 23 heavy (non-hydrogen) atoms. The Morgan fingerprint density at radius 3 is 1.87 bits per heavy atom. The van der Waals surface area contributed by atoms with E-state index in [-0.39, 0.29) is 11.3 Å². The highest BCUT2D eigenvalue weighted by atomic mass is 16.6. The highest BCUT2D eigenvalue weighted by molar-refractivity contribution is 5.97. The van der Waals surface area contributed by atoms with Crippen molar-refractivity contribution in [3.63, 3.8) is 0 Å². The molecule has 0 radical (unpaired) electrons. The Balaban J connectivity index is 3.66. The maximum atomic E-state index is 11.5. The number of nitrogens with zero attached hydrogens (tertiary/aromatic N) is 3. The van der Waals surface area contributed by atoms with E-state index in [0.29, 0.717) is 25.9 Å². The van der Waals surface area contributed by atoms with E-state index in [2.05, 4.69) is 0 Å². The Morgan fingerprint density at radius 2 is 1.57 bits per heavy atom. The van der Waals surface area contributed by atoms with Crippen LogP contribution in [-0.2, 0) is 0 Å². The molecule has 0 saturated carbocycles. The molecule has 0 aliphatic rings. The lowest BCUT2D eigenvalue weighted by atomic mass is 10.1. The third-order valence-electron chi connectivity index (χ3n) is 3.13.